The van der Waals surface area contributed by atoms with Crippen molar-refractivity contribution in [3.05, 3.63) is 0 Å². The zero-order valence-corrected chi connectivity index (χ0v) is 13.0. The minimum Gasteiger partial charge on any atom is -0.330 e. The van der Waals surface area contributed by atoms with E-state index in [9.17, 15) is 9.13 Å². The highest BCUT2D eigenvalue weighted by molar-refractivity contribution is 8.76. The van der Waals surface area contributed by atoms with Crippen LogP contribution < -0.4 is 10.8 Å². The van der Waals surface area contributed by atoms with Gasteiger partial charge in [0.1, 0.15) is 0 Å². The third-order valence-electron chi connectivity index (χ3n) is 1.24. The van der Waals surface area contributed by atoms with Gasteiger partial charge in [-0.1, -0.05) is 21.6 Å². The van der Waals surface area contributed by atoms with E-state index in [1.165, 1.54) is 21.6 Å². The maximum Gasteiger partial charge on any atom is 0.499 e. The highest BCUT2D eigenvalue weighted by atomic mass is 33.1. The molecule has 5 N–H and O–H groups in total. The molecule has 0 saturated carbocycles. The van der Waals surface area contributed by atoms with Gasteiger partial charge in [0, 0.05) is 31.7 Å². The Hall–Kier alpha value is 0.880. The number of rotatable bonds is 11. The summed E-state index contributed by atoms with van der Waals surface area (Å²) in [6.07, 6.45) is 0. The van der Waals surface area contributed by atoms with Crippen molar-refractivity contribution >= 4 is 37.2 Å². The molecular weight excluding hydrogens is 326 g/mol. The Morgan fingerprint density at radius 2 is 1.83 bits per heavy atom. The third kappa shape index (κ3) is 10.8. The number of nitrogens with one attached hydrogen (secondary N) is 1. The molecule has 0 aliphatic heterocycles. The molecule has 0 radical (unpaired) electrons. The summed E-state index contributed by atoms with van der Waals surface area (Å²) in [6.45, 7) is 0.714. The molecule has 18 heavy (non-hydrogen) atoms. The Morgan fingerprint density at radius 3 is 2.39 bits per heavy atom. The molecule has 0 fully saturated rings. The first-order valence-electron chi connectivity index (χ1n) is 4.62. The Morgan fingerprint density at radius 1 is 1.22 bits per heavy atom. The summed E-state index contributed by atoms with van der Waals surface area (Å²) in [6, 6.07) is 0. The second-order valence-corrected chi connectivity index (χ2v) is 8.32. The molecule has 0 bridgehead atoms. The lowest BCUT2D eigenvalue weighted by Gasteiger charge is -2.13. The van der Waals surface area contributed by atoms with E-state index < -0.39 is 15.6 Å². The zero-order chi connectivity index (χ0) is 14.1. The van der Waals surface area contributed by atoms with Gasteiger partial charge in [-0.05, 0) is 0 Å². The van der Waals surface area contributed by atoms with Crippen LogP contribution in [0.5, 0.6) is 0 Å². The zero-order valence-electron chi connectivity index (χ0n) is 9.55. The van der Waals surface area contributed by atoms with Gasteiger partial charge in [0.05, 0.1) is 0 Å². The predicted octanol–water partition coefficient (Wildman–Crippen LogP) is 0.711. The number of hydrogen-bond donors (Lipinski definition) is 4. The standard InChI is InChI=1S/C5H16N2O7P2S2/c1-12-16(10,11)14-13-15(8,9)7-3-5-18-17-4-2-6/h2-6H2,1H3,(H,10,11)(H2,7,8,9). The summed E-state index contributed by atoms with van der Waals surface area (Å²) in [5.74, 6) is 1.31. The first-order valence-corrected chi connectivity index (χ1v) is 10.2. The maximum absolute atomic E-state index is 11.2. The van der Waals surface area contributed by atoms with Crippen LogP contribution in [0, 0.1) is 0 Å². The molecule has 9 nitrogen and oxygen atoms in total. The van der Waals surface area contributed by atoms with Crippen LogP contribution >= 0.6 is 37.2 Å². The quantitative estimate of drug-likeness (QED) is 0.139. The fraction of sp³-hybridized carbons (Fsp3) is 1.00. The Kier molecular flexibility index (Phi) is 10.2. The molecule has 0 heterocycles. The lowest BCUT2D eigenvalue weighted by molar-refractivity contribution is -0.134. The summed E-state index contributed by atoms with van der Waals surface area (Å²) in [7, 11) is -4.84. The van der Waals surface area contributed by atoms with Crippen molar-refractivity contribution in [3.8, 4) is 0 Å². The maximum atomic E-state index is 11.2. The summed E-state index contributed by atoms with van der Waals surface area (Å²) in [5, 5.41) is 2.14. The average molecular weight is 342 g/mol. The van der Waals surface area contributed by atoms with E-state index in [0.717, 1.165) is 12.9 Å². The molecule has 0 amide bonds. The van der Waals surface area contributed by atoms with Gasteiger partial charge in [0.2, 0.25) is 0 Å². The summed E-state index contributed by atoms with van der Waals surface area (Å²) < 4.78 is 33.8. The molecule has 0 saturated heterocycles. The molecule has 0 aliphatic carbocycles. The number of phosphoric ester groups is 1. The monoisotopic (exact) mass is 342 g/mol. The smallest absolute Gasteiger partial charge is 0.330 e. The van der Waals surface area contributed by atoms with Crippen molar-refractivity contribution in [2.24, 2.45) is 5.73 Å². The third-order valence-corrected chi connectivity index (χ3v) is 5.42. The topological polar surface area (TPSA) is 140 Å². The van der Waals surface area contributed by atoms with Gasteiger partial charge in [-0.3, -0.25) is 4.52 Å². The molecule has 0 aromatic heterocycles. The van der Waals surface area contributed by atoms with Crippen molar-refractivity contribution in [2.75, 3.05) is 31.7 Å². The van der Waals surface area contributed by atoms with Gasteiger partial charge in [0.25, 0.3) is 0 Å². The largest absolute Gasteiger partial charge is 0.499 e. The number of hydrogen-bond acceptors (Lipinski definition) is 8. The van der Waals surface area contributed by atoms with Crippen LogP contribution in [0.1, 0.15) is 0 Å². The fourth-order valence-corrected chi connectivity index (χ4v) is 3.66. The summed E-state index contributed by atoms with van der Waals surface area (Å²) in [4.78, 5) is 17.9. The first-order chi connectivity index (χ1) is 8.33. The van der Waals surface area contributed by atoms with E-state index >= 15 is 0 Å². The summed E-state index contributed by atoms with van der Waals surface area (Å²) >= 11 is 0. The molecule has 110 valence electrons. The molecule has 13 heteroatoms. The number of phosphoric acid groups is 1. The molecule has 0 aromatic carbocycles. The highest BCUT2D eigenvalue weighted by Gasteiger charge is 2.28. The molecule has 0 spiro atoms. The van der Waals surface area contributed by atoms with Crippen LogP contribution in [0.4, 0.5) is 0 Å². The molecule has 0 rings (SSSR count). The van der Waals surface area contributed by atoms with Crippen molar-refractivity contribution in [1.82, 2.24) is 5.09 Å². The molecular formula is C5H16N2O7P2S2. The van der Waals surface area contributed by atoms with Gasteiger partial charge in [-0.15, -0.1) is 9.35 Å². The molecule has 2 atom stereocenters. The van der Waals surface area contributed by atoms with Gasteiger partial charge in [-0.25, -0.2) is 14.2 Å². The first kappa shape index (κ1) is 18.9. The lowest BCUT2D eigenvalue weighted by Crippen LogP contribution is -2.15. The summed E-state index contributed by atoms with van der Waals surface area (Å²) in [5.41, 5.74) is 5.27. The van der Waals surface area contributed by atoms with Gasteiger partial charge >= 0.3 is 15.6 Å². The Balaban J connectivity index is 3.74. The van der Waals surface area contributed by atoms with Crippen molar-refractivity contribution < 1.29 is 32.8 Å². The Labute approximate surface area is 113 Å². The van der Waals surface area contributed by atoms with Crippen molar-refractivity contribution in [2.45, 2.75) is 0 Å². The van der Waals surface area contributed by atoms with Crippen LogP contribution in [0.15, 0.2) is 0 Å². The van der Waals surface area contributed by atoms with E-state index in [1.54, 1.807) is 0 Å². The highest BCUT2D eigenvalue weighted by Crippen LogP contribution is 2.49. The second kappa shape index (κ2) is 9.73. The minimum absolute atomic E-state index is 0.155. The van der Waals surface area contributed by atoms with E-state index in [4.69, 9.17) is 15.5 Å². The normalized spacial score (nSPS) is 18.2. The van der Waals surface area contributed by atoms with E-state index in [2.05, 4.69) is 19.0 Å². The molecule has 0 aliphatic rings. The fourth-order valence-electron chi connectivity index (χ4n) is 0.539. The molecule has 2 unspecified atom stereocenters. The molecule has 0 aromatic rings. The van der Waals surface area contributed by atoms with Crippen LogP contribution in [0.25, 0.3) is 0 Å². The van der Waals surface area contributed by atoms with Gasteiger partial charge < -0.3 is 15.5 Å². The van der Waals surface area contributed by atoms with Crippen LogP contribution in [-0.4, -0.2) is 41.5 Å². The van der Waals surface area contributed by atoms with Crippen molar-refractivity contribution in [1.29, 1.82) is 0 Å². The van der Waals surface area contributed by atoms with Crippen LogP contribution in [0.2, 0.25) is 0 Å². The minimum atomic E-state index is -4.44. The second-order valence-electron chi connectivity index (χ2n) is 2.66. The van der Waals surface area contributed by atoms with Crippen LogP contribution in [0.3, 0.4) is 0 Å². The van der Waals surface area contributed by atoms with E-state index in [0.29, 0.717) is 12.3 Å². The SMILES string of the molecule is COP(=O)(O)OOP(=O)(O)NCCSSCCN. The van der Waals surface area contributed by atoms with Gasteiger partial charge in [-0.2, -0.15) is 0 Å². The van der Waals surface area contributed by atoms with Crippen molar-refractivity contribution in [3.63, 3.8) is 0 Å². The average Bonchev–Trinajstić information content (AvgIpc) is 2.32. The number of nitrogens with two attached hydrogens (primary N) is 1. The van der Waals surface area contributed by atoms with Crippen LogP contribution in [-0.2, 0) is 23.0 Å². The van der Waals surface area contributed by atoms with E-state index in [1.807, 2.05) is 0 Å². The van der Waals surface area contributed by atoms with Gasteiger partial charge in [0.15, 0.2) is 0 Å². The Bertz CT molecular complexity index is 320. The van der Waals surface area contributed by atoms with E-state index in [-0.39, 0.29) is 6.54 Å². The lowest BCUT2D eigenvalue weighted by atomic mass is 10.8. The predicted molar refractivity (Wildman–Crippen MR) is 70.8 cm³/mol.